The van der Waals surface area contributed by atoms with E-state index < -0.39 is 17.7 Å². The first-order chi connectivity index (χ1) is 15.0. The van der Waals surface area contributed by atoms with E-state index >= 15 is 0 Å². The highest BCUT2D eigenvalue weighted by molar-refractivity contribution is 7.10. The smallest absolute Gasteiger partial charge is 0.300 e. The summed E-state index contributed by atoms with van der Waals surface area (Å²) in [5.74, 6) is -0.467. The molecule has 3 aromatic rings. The van der Waals surface area contributed by atoms with E-state index in [1.165, 1.54) is 23.3 Å². The van der Waals surface area contributed by atoms with Crippen LogP contribution >= 0.6 is 11.3 Å². The van der Waals surface area contributed by atoms with Crippen molar-refractivity contribution in [3.05, 3.63) is 81.6 Å². The largest absolute Gasteiger partial charge is 0.507 e. The minimum absolute atomic E-state index is 0.0552. The molecule has 1 N–H and O–H groups in total. The number of carbonyl (C=O) groups excluding carboxylic acids is 2. The zero-order valence-electron chi connectivity index (χ0n) is 17.3. The van der Waals surface area contributed by atoms with E-state index in [9.17, 15) is 14.7 Å². The Labute approximate surface area is 184 Å². The number of hydrogen-bond donors (Lipinski definition) is 1. The van der Waals surface area contributed by atoms with Crippen LogP contribution in [0.5, 0.6) is 11.5 Å². The number of benzene rings is 2. The Bertz CT molecular complexity index is 1180. The van der Waals surface area contributed by atoms with E-state index in [0.29, 0.717) is 22.7 Å². The maximum absolute atomic E-state index is 13.1. The molecule has 1 atom stereocenters. The molecule has 1 aromatic heterocycles. The fourth-order valence-corrected chi connectivity index (χ4v) is 4.70. The molecule has 0 saturated carbocycles. The van der Waals surface area contributed by atoms with Gasteiger partial charge < -0.3 is 14.6 Å². The molecule has 0 radical (unpaired) electrons. The van der Waals surface area contributed by atoms with Crippen molar-refractivity contribution < 1.29 is 24.2 Å². The highest BCUT2D eigenvalue weighted by Gasteiger charge is 2.47. The van der Waals surface area contributed by atoms with Gasteiger partial charge in [-0.15, -0.1) is 11.3 Å². The molecule has 158 valence electrons. The third-order valence-electron chi connectivity index (χ3n) is 5.29. The highest BCUT2D eigenvalue weighted by atomic mass is 32.1. The molecule has 4 rings (SSSR count). The fraction of sp³-hybridized carbons (Fsp3) is 0.167. The number of amides is 1. The lowest BCUT2D eigenvalue weighted by Crippen LogP contribution is -2.29. The minimum Gasteiger partial charge on any atom is -0.507 e. The fourth-order valence-electron chi connectivity index (χ4n) is 3.68. The van der Waals surface area contributed by atoms with Crippen LogP contribution in [0.15, 0.2) is 65.6 Å². The molecule has 0 bridgehead atoms. The molecular weight excluding hydrogens is 414 g/mol. The normalized spacial score (nSPS) is 17.8. The van der Waals surface area contributed by atoms with Crippen LogP contribution in [0.2, 0.25) is 0 Å². The topological polar surface area (TPSA) is 76.1 Å². The zero-order valence-corrected chi connectivity index (χ0v) is 18.1. The summed E-state index contributed by atoms with van der Waals surface area (Å²) < 4.78 is 10.4. The van der Waals surface area contributed by atoms with Gasteiger partial charge in [-0.05, 0) is 60.3 Å². The Morgan fingerprint density at radius 3 is 2.32 bits per heavy atom. The number of ketones is 1. The van der Waals surface area contributed by atoms with Crippen LogP contribution in [-0.4, -0.2) is 31.0 Å². The summed E-state index contributed by atoms with van der Waals surface area (Å²) in [7, 11) is 3.08. The molecule has 1 aliphatic heterocycles. The molecule has 2 aromatic carbocycles. The Kier molecular flexibility index (Phi) is 5.52. The second-order valence-electron chi connectivity index (χ2n) is 7.07. The molecule has 1 aliphatic rings. The predicted molar refractivity (Wildman–Crippen MR) is 120 cm³/mol. The molecule has 7 heteroatoms. The van der Waals surface area contributed by atoms with Crippen LogP contribution in [0.4, 0.5) is 5.69 Å². The number of aliphatic hydroxyl groups is 1. The number of anilines is 1. The lowest BCUT2D eigenvalue weighted by molar-refractivity contribution is -0.132. The van der Waals surface area contributed by atoms with Gasteiger partial charge in [-0.3, -0.25) is 14.5 Å². The van der Waals surface area contributed by atoms with E-state index in [0.717, 1.165) is 10.4 Å². The molecular formula is C24H21NO5S. The number of aliphatic hydroxyl groups excluding tert-OH is 1. The first-order valence-electron chi connectivity index (χ1n) is 9.59. The van der Waals surface area contributed by atoms with Crippen molar-refractivity contribution in [2.75, 3.05) is 19.1 Å². The number of aryl methyl sites for hydroxylation is 1. The predicted octanol–water partition coefficient (Wildman–Crippen LogP) is 4.70. The SMILES string of the molecule is COc1ccc(N2C(=O)C(=O)/C(=C(\O)c3cccc(OC)c3)C2c2sccc2C)cc1. The van der Waals surface area contributed by atoms with Gasteiger partial charge in [-0.1, -0.05) is 12.1 Å². The molecule has 0 aliphatic carbocycles. The van der Waals surface area contributed by atoms with Gasteiger partial charge in [0, 0.05) is 16.1 Å². The van der Waals surface area contributed by atoms with Gasteiger partial charge >= 0.3 is 0 Å². The van der Waals surface area contributed by atoms with Gasteiger partial charge in [0.1, 0.15) is 23.3 Å². The van der Waals surface area contributed by atoms with Crippen LogP contribution in [0.1, 0.15) is 22.0 Å². The van der Waals surface area contributed by atoms with Gasteiger partial charge in [-0.2, -0.15) is 0 Å². The number of carbonyl (C=O) groups is 2. The number of ether oxygens (including phenoxy) is 2. The summed E-state index contributed by atoms with van der Waals surface area (Å²) in [6, 6.07) is 14.9. The number of nitrogens with zero attached hydrogens (tertiary/aromatic N) is 1. The van der Waals surface area contributed by atoms with Crippen molar-refractivity contribution in [3.8, 4) is 11.5 Å². The van der Waals surface area contributed by atoms with Gasteiger partial charge in [0.05, 0.1) is 19.8 Å². The first-order valence-corrected chi connectivity index (χ1v) is 10.5. The van der Waals surface area contributed by atoms with Crippen molar-refractivity contribution in [2.24, 2.45) is 0 Å². The van der Waals surface area contributed by atoms with E-state index in [2.05, 4.69) is 0 Å². The molecule has 1 saturated heterocycles. The first kappa shape index (κ1) is 20.7. The Hall–Kier alpha value is -3.58. The summed E-state index contributed by atoms with van der Waals surface area (Å²) in [4.78, 5) is 28.5. The number of rotatable bonds is 5. The molecule has 1 fully saturated rings. The average molecular weight is 436 g/mol. The third-order valence-corrected chi connectivity index (χ3v) is 6.36. The monoisotopic (exact) mass is 435 g/mol. The number of methoxy groups -OCH3 is 2. The van der Waals surface area contributed by atoms with Crippen LogP contribution in [0.25, 0.3) is 5.76 Å². The van der Waals surface area contributed by atoms with Gasteiger partial charge in [0.25, 0.3) is 11.7 Å². The number of hydrogen-bond acceptors (Lipinski definition) is 6. The maximum atomic E-state index is 13.1. The summed E-state index contributed by atoms with van der Waals surface area (Å²) in [5.41, 5.74) is 1.95. The summed E-state index contributed by atoms with van der Waals surface area (Å²) in [6.45, 7) is 1.92. The van der Waals surface area contributed by atoms with Gasteiger partial charge in [-0.25, -0.2) is 0 Å². The van der Waals surface area contributed by atoms with Gasteiger partial charge in [0.15, 0.2) is 0 Å². The average Bonchev–Trinajstić information content (AvgIpc) is 3.33. The molecule has 6 nitrogen and oxygen atoms in total. The molecule has 1 amide bonds. The second-order valence-corrected chi connectivity index (χ2v) is 8.01. The number of thiophene rings is 1. The summed E-state index contributed by atoms with van der Waals surface area (Å²) in [5, 5.41) is 13.1. The quantitative estimate of drug-likeness (QED) is 0.357. The Morgan fingerprint density at radius 2 is 1.71 bits per heavy atom. The molecule has 0 spiro atoms. The second kappa shape index (κ2) is 8.28. The van der Waals surface area contributed by atoms with E-state index in [-0.39, 0.29) is 11.3 Å². The van der Waals surface area contributed by atoms with Gasteiger partial charge in [0.2, 0.25) is 0 Å². The maximum Gasteiger partial charge on any atom is 0.300 e. The molecule has 1 unspecified atom stereocenters. The lowest BCUT2D eigenvalue weighted by atomic mass is 9.98. The molecule has 2 heterocycles. The van der Waals surface area contributed by atoms with Crippen LogP contribution in [-0.2, 0) is 9.59 Å². The lowest BCUT2D eigenvalue weighted by Gasteiger charge is -2.25. The Balaban J connectivity index is 1.92. The van der Waals surface area contributed by atoms with Crippen LogP contribution in [0, 0.1) is 6.92 Å². The van der Waals surface area contributed by atoms with Crippen LogP contribution < -0.4 is 14.4 Å². The van der Waals surface area contributed by atoms with Crippen molar-refractivity contribution >= 4 is 34.5 Å². The van der Waals surface area contributed by atoms with Crippen LogP contribution in [0.3, 0.4) is 0 Å². The number of Topliss-reactive ketones (excluding diaryl/α,β-unsaturated/α-hetero) is 1. The van der Waals surface area contributed by atoms with Crippen molar-refractivity contribution in [1.82, 2.24) is 0 Å². The third kappa shape index (κ3) is 3.57. The summed E-state index contributed by atoms with van der Waals surface area (Å²) >= 11 is 1.44. The van der Waals surface area contributed by atoms with Crippen molar-refractivity contribution in [2.45, 2.75) is 13.0 Å². The van der Waals surface area contributed by atoms with E-state index in [1.807, 2.05) is 18.4 Å². The molecule has 31 heavy (non-hydrogen) atoms. The van der Waals surface area contributed by atoms with E-state index in [1.54, 1.807) is 55.6 Å². The standard InChI is InChI=1S/C24H21NO5S/c1-14-11-12-31-23(14)20-19(21(26)15-5-4-6-18(13-15)30-3)22(27)24(28)25(20)16-7-9-17(29-2)10-8-16/h4-13,20,26H,1-3H3/b21-19-. The zero-order chi connectivity index (χ0) is 22.1. The summed E-state index contributed by atoms with van der Waals surface area (Å²) in [6.07, 6.45) is 0. The Morgan fingerprint density at radius 1 is 1.00 bits per heavy atom. The highest BCUT2D eigenvalue weighted by Crippen LogP contribution is 2.45. The van der Waals surface area contributed by atoms with E-state index in [4.69, 9.17) is 9.47 Å². The van der Waals surface area contributed by atoms with Crippen molar-refractivity contribution in [3.63, 3.8) is 0 Å². The van der Waals surface area contributed by atoms with Crippen molar-refractivity contribution in [1.29, 1.82) is 0 Å². The minimum atomic E-state index is -0.736.